The van der Waals surface area contributed by atoms with Gasteiger partial charge >= 0.3 is 0 Å². The van der Waals surface area contributed by atoms with Gasteiger partial charge in [-0.1, -0.05) is 17.3 Å². The Bertz CT molecular complexity index is 1450. The van der Waals surface area contributed by atoms with Gasteiger partial charge in [0.05, 0.1) is 10.4 Å². The van der Waals surface area contributed by atoms with Crippen LogP contribution in [-0.2, 0) is 0 Å². The molecule has 1 saturated heterocycles. The van der Waals surface area contributed by atoms with Crippen molar-refractivity contribution in [1.82, 2.24) is 14.4 Å². The third kappa shape index (κ3) is 4.69. The molecule has 4 heterocycles. The second-order valence-corrected chi connectivity index (χ2v) is 10.6. The number of hydrogen-bond acceptors (Lipinski definition) is 8. The predicted molar refractivity (Wildman–Crippen MR) is 137 cm³/mol. The van der Waals surface area contributed by atoms with Gasteiger partial charge in [-0.05, 0) is 79.2 Å². The standard InChI is InChI=1S/C26H24FN3O3S2/c27-18-4-5-21-23(13-18)35-29-24(21)16-6-9-30(10-7-16)14-19(31)15-32-20-3-1-2-17(12-20)25-26-22(33-28-25)8-11-34-26/h1-5,8,11-13,16,19,31H,6-7,9-10,14-15H2. The molecule has 6 rings (SSSR count). The van der Waals surface area contributed by atoms with E-state index < -0.39 is 6.10 Å². The van der Waals surface area contributed by atoms with E-state index in [-0.39, 0.29) is 12.4 Å². The highest BCUT2D eigenvalue weighted by Gasteiger charge is 2.25. The summed E-state index contributed by atoms with van der Waals surface area (Å²) >= 11 is 2.97. The lowest BCUT2D eigenvalue weighted by atomic mass is 9.91. The monoisotopic (exact) mass is 509 g/mol. The van der Waals surface area contributed by atoms with E-state index in [1.165, 1.54) is 17.6 Å². The molecule has 1 unspecified atom stereocenters. The van der Waals surface area contributed by atoms with Crippen molar-refractivity contribution in [2.75, 3.05) is 26.2 Å². The Balaban J connectivity index is 1.02. The first kappa shape index (κ1) is 22.6. The summed E-state index contributed by atoms with van der Waals surface area (Å²) < 4.78 is 31.3. The van der Waals surface area contributed by atoms with Crippen LogP contribution >= 0.6 is 22.9 Å². The lowest BCUT2D eigenvalue weighted by Crippen LogP contribution is -2.40. The van der Waals surface area contributed by atoms with Gasteiger partial charge in [-0.25, -0.2) is 4.39 Å². The molecule has 2 aromatic carbocycles. The summed E-state index contributed by atoms with van der Waals surface area (Å²) in [7, 11) is 0. The molecule has 1 atom stereocenters. The van der Waals surface area contributed by atoms with Crippen molar-refractivity contribution in [3.05, 3.63) is 65.4 Å². The van der Waals surface area contributed by atoms with Crippen LogP contribution in [0.15, 0.2) is 58.4 Å². The zero-order valence-corrected chi connectivity index (χ0v) is 20.5. The van der Waals surface area contributed by atoms with Crippen molar-refractivity contribution in [3.8, 4) is 17.0 Å². The van der Waals surface area contributed by atoms with E-state index in [2.05, 4.69) is 14.4 Å². The Hall–Kier alpha value is -2.85. The maximum atomic E-state index is 13.5. The lowest BCUT2D eigenvalue weighted by Gasteiger charge is -2.32. The molecule has 0 aliphatic carbocycles. The maximum Gasteiger partial charge on any atom is 0.178 e. The van der Waals surface area contributed by atoms with Crippen molar-refractivity contribution >= 4 is 43.2 Å². The molecule has 9 heteroatoms. The Morgan fingerprint density at radius 1 is 1.17 bits per heavy atom. The van der Waals surface area contributed by atoms with E-state index in [0.717, 1.165) is 63.3 Å². The van der Waals surface area contributed by atoms with E-state index in [1.54, 1.807) is 17.4 Å². The Morgan fingerprint density at radius 3 is 2.94 bits per heavy atom. The molecular weight excluding hydrogens is 485 g/mol. The largest absolute Gasteiger partial charge is 0.491 e. The zero-order valence-electron chi connectivity index (χ0n) is 18.9. The molecule has 1 aliphatic heterocycles. The fraction of sp³-hybridized carbons (Fsp3) is 0.308. The van der Waals surface area contributed by atoms with Crippen LogP contribution in [0.2, 0.25) is 0 Å². The minimum absolute atomic E-state index is 0.219. The van der Waals surface area contributed by atoms with E-state index in [0.29, 0.717) is 18.2 Å². The van der Waals surface area contributed by atoms with Crippen molar-refractivity contribution in [2.24, 2.45) is 0 Å². The number of likely N-dealkylation sites (tertiary alicyclic amines) is 1. The van der Waals surface area contributed by atoms with Gasteiger partial charge in [0.25, 0.3) is 0 Å². The summed E-state index contributed by atoms with van der Waals surface area (Å²) in [6, 6.07) is 14.5. The van der Waals surface area contributed by atoms with Crippen LogP contribution in [0.5, 0.6) is 5.75 Å². The van der Waals surface area contributed by atoms with Crippen LogP contribution in [0.3, 0.4) is 0 Å². The van der Waals surface area contributed by atoms with Crippen LogP contribution in [0.25, 0.3) is 31.6 Å². The average molecular weight is 510 g/mol. The minimum Gasteiger partial charge on any atom is -0.491 e. The summed E-state index contributed by atoms with van der Waals surface area (Å²) in [6.07, 6.45) is 1.36. The highest BCUT2D eigenvalue weighted by molar-refractivity contribution is 7.17. The molecule has 3 aromatic heterocycles. The van der Waals surface area contributed by atoms with Crippen molar-refractivity contribution in [3.63, 3.8) is 0 Å². The van der Waals surface area contributed by atoms with Crippen LogP contribution in [-0.4, -0.2) is 51.9 Å². The molecule has 5 aromatic rings. The molecule has 0 amide bonds. The summed E-state index contributed by atoms with van der Waals surface area (Å²) in [6.45, 7) is 2.56. The second-order valence-electron chi connectivity index (χ2n) is 8.92. The number of aromatic nitrogens is 2. The number of benzene rings is 2. The number of rotatable bonds is 7. The van der Waals surface area contributed by atoms with Gasteiger partial charge in [-0.3, -0.25) is 0 Å². The summed E-state index contributed by atoms with van der Waals surface area (Å²) in [5.41, 5.74) is 3.60. The normalized spacial score (nSPS) is 16.3. The third-order valence-corrected chi connectivity index (χ3v) is 8.26. The minimum atomic E-state index is -0.589. The van der Waals surface area contributed by atoms with Gasteiger partial charge in [0.2, 0.25) is 0 Å². The number of hydrogen-bond donors (Lipinski definition) is 1. The molecule has 6 nitrogen and oxygen atoms in total. The van der Waals surface area contributed by atoms with E-state index in [9.17, 15) is 9.50 Å². The molecule has 0 bridgehead atoms. The fourth-order valence-electron chi connectivity index (χ4n) is 4.75. The number of aliphatic hydroxyl groups is 1. The maximum absolute atomic E-state index is 13.5. The highest BCUT2D eigenvalue weighted by Crippen LogP contribution is 2.35. The molecule has 35 heavy (non-hydrogen) atoms. The number of β-amino-alcohol motifs (C(OH)–C–C–N with tert-alkyl or cyclic N) is 1. The number of nitrogens with zero attached hydrogens (tertiary/aromatic N) is 3. The molecule has 0 spiro atoms. The first-order chi connectivity index (χ1) is 17.1. The van der Waals surface area contributed by atoms with Crippen LogP contribution in [0.1, 0.15) is 24.5 Å². The lowest BCUT2D eigenvalue weighted by molar-refractivity contribution is 0.0594. The summed E-state index contributed by atoms with van der Waals surface area (Å²) in [5.74, 6) is 0.844. The summed E-state index contributed by atoms with van der Waals surface area (Å²) in [5, 5.41) is 17.8. The highest BCUT2D eigenvalue weighted by atomic mass is 32.1. The fourth-order valence-corrected chi connectivity index (χ4v) is 6.45. The SMILES string of the molecule is OC(COc1cccc(-c2noc3ccsc23)c1)CN1CCC(c2nsc3cc(F)ccc23)CC1. The van der Waals surface area contributed by atoms with Gasteiger partial charge in [0, 0.05) is 23.4 Å². The molecule has 180 valence electrons. The van der Waals surface area contributed by atoms with Crippen LogP contribution in [0, 0.1) is 5.82 Å². The Labute approximate surface area is 209 Å². The Kier molecular flexibility index (Phi) is 6.24. The first-order valence-corrected chi connectivity index (χ1v) is 13.3. The second kappa shape index (κ2) is 9.66. The van der Waals surface area contributed by atoms with E-state index in [4.69, 9.17) is 9.26 Å². The molecule has 0 radical (unpaired) electrons. The quantitative estimate of drug-likeness (QED) is 0.293. The van der Waals surface area contributed by atoms with Crippen molar-refractivity contribution in [2.45, 2.75) is 24.9 Å². The van der Waals surface area contributed by atoms with Crippen LogP contribution < -0.4 is 4.74 Å². The van der Waals surface area contributed by atoms with Crippen molar-refractivity contribution in [1.29, 1.82) is 0 Å². The number of halogens is 1. The number of thiophene rings is 1. The number of ether oxygens (including phenoxy) is 1. The Morgan fingerprint density at radius 2 is 2.06 bits per heavy atom. The van der Waals surface area contributed by atoms with E-state index in [1.807, 2.05) is 41.8 Å². The zero-order chi connectivity index (χ0) is 23.8. The van der Waals surface area contributed by atoms with Gasteiger partial charge in [-0.15, -0.1) is 11.3 Å². The van der Waals surface area contributed by atoms with Gasteiger partial charge in [0.1, 0.15) is 34.7 Å². The molecule has 0 saturated carbocycles. The topological polar surface area (TPSA) is 71.6 Å². The van der Waals surface area contributed by atoms with E-state index >= 15 is 0 Å². The molecule has 1 aliphatic rings. The van der Waals surface area contributed by atoms with Gasteiger partial charge < -0.3 is 19.3 Å². The van der Waals surface area contributed by atoms with Crippen molar-refractivity contribution < 1.29 is 18.8 Å². The van der Waals surface area contributed by atoms with Gasteiger partial charge in [0.15, 0.2) is 5.58 Å². The third-order valence-electron chi connectivity index (χ3n) is 6.53. The first-order valence-electron chi connectivity index (χ1n) is 11.7. The van der Waals surface area contributed by atoms with Gasteiger partial charge in [-0.2, -0.15) is 4.37 Å². The summed E-state index contributed by atoms with van der Waals surface area (Å²) in [4.78, 5) is 2.28. The smallest absolute Gasteiger partial charge is 0.178 e. The number of aliphatic hydroxyl groups excluding tert-OH is 1. The molecule has 1 N–H and O–H groups in total. The number of piperidine rings is 1. The number of fused-ring (bicyclic) bond motifs is 2. The molecule has 1 fully saturated rings. The predicted octanol–water partition coefficient (Wildman–Crippen LogP) is 5.92. The van der Waals surface area contributed by atoms with Crippen LogP contribution in [0.4, 0.5) is 4.39 Å². The average Bonchev–Trinajstić information content (AvgIpc) is 3.59. The molecular formula is C26H24FN3O3S2.